The molecule has 0 bridgehead atoms. The van der Waals surface area contributed by atoms with Gasteiger partial charge in [-0.05, 0) is 63.9 Å². The van der Waals surface area contributed by atoms with Crippen LogP contribution in [0.5, 0.6) is 5.75 Å². The van der Waals surface area contributed by atoms with Gasteiger partial charge in [0.2, 0.25) is 0 Å². The number of carbonyl (C=O) groups excluding carboxylic acids is 1. The summed E-state index contributed by atoms with van der Waals surface area (Å²) < 4.78 is 9.31. The first-order valence-electron chi connectivity index (χ1n) is 9.45. The maximum absolute atomic E-state index is 12.5. The fourth-order valence-corrected chi connectivity index (χ4v) is 3.26. The third-order valence-electron chi connectivity index (χ3n) is 4.69. The standard InChI is InChI=1S/C21H27N5O2/c1-6-26-17(5)19(12-22-26)16(4)23-21(27)20-7-8-25(24-20)13-28-18-10-14(2)9-15(3)11-18/h7-12,16H,6,13H2,1-5H3,(H,23,27). The van der Waals surface area contributed by atoms with Gasteiger partial charge in [0.05, 0.1) is 12.2 Å². The van der Waals surface area contributed by atoms with Gasteiger partial charge in [-0.2, -0.15) is 10.2 Å². The average Bonchev–Trinajstić information content (AvgIpc) is 3.25. The van der Waals surface area contributed by atoms with Crippen LogP contribution in [-0.4, -0.2) is 25.5 Å². The van der Waals surface area contributed by atoms with E-state index >= 15 is 0 Å². The number of amides is 1. The number of rotatable bonds is 7. The van der Waals surface area contributed by atoms with Crippen molar-refractivity contribution >= 4 is 5.91 Å². The van der Waals surface area contributed by atoms with Crippen LogP contribution in [0.2, 0.25) is 0 Å². The quantitative estimate of drug-likeness (QED) is 0.679. The van der Waals surface area contributed by atoms with Gasteiger partial charge >= 0.3 is 0 Å². The largest absolute Gasteiger partial charge is 0.471 e. The second-order valence-corrected chi connectivity index (χ2v) is 7.03. The molecule has 7 heteroatoms. The van der Waals surface area contributed by atoms with E-state index in [1.54, 1.807) is 23.1 Å². The Bertz CT molecular complexity index is 953. The van der Waals surface area contributed by atoms with Crippen LogP contribution < -0.4 is 10.1 Å². The van der Waals surface area contributed by atoms with E-state index in [0.29, 0.717) is 5.69 Å². The SMILES string of the molecule is CCn1ncc(C(C)NC(=O)c2ccn(COc3cc(C)cc(C)c3)n2)c1C. The number of hydrogen-bond acceptors (Lipinski definition) is 4. The van der Waals surface area contributed by atoms with Gasteiger partial charge in [-0.1, -0.05) is 6.07 Å². The molecule has 0 spiro atoms. The summed E-state index contributed by atoms with van der Waals surface area (Å²) in [6.45, 7) is 11.1. The van der Waals surface area contributed by atoms with Crippen molar-refractivity contribution < 1.29 is 9.53 Å². The van der Waals surface area contributed by atoms with E-state index in [1.807, 2.05) is 51.4 Å². The normalized spacial score (nSPS) is 12.0. The maximum Gasteiger partial charge on any atom is 0.272 e. The molecule has 1 aromatic carbocycles. The molecule has 7 nitrogen and oxygen atoms in total. The van der Waals surface area contributed by atoms with Crippen molar-refractivity contribution in [3.8, 4) is 5.75 Å². The minimum absolute atomic E-state index is 0.149. The van der Waals surface area contributed by atoms with Crippen LogP contribution in [0.4, 0.5) is 0 Å². The van der Waals surface area contributed by atoms with Gasteiger partial charge in [0.15, 0.2) is 6.73 Å². The summed E-state index contributed by atoms with van der Waals surface area (Å²) >= 11 is 0. The van der Waals surface area contributed by atoms with Crippen molar-refractivity contribution in [1.29, 1.82) is 0 Å². The molecule has 0 fully saturated rings. The summed E-state index contributed by atoms with van der Waals surface area (Å²) in [6, 6.07) is 7.59. The van der Waals surface area contributed by atoms with Crippen molar-refractivity contribution in [2.45, 2.75) is 53.9 Å². The molecule has 1 atom stereocenters. The molecule has 2 aromatic heterocycles. The number of nitrogens with one attached hydrogen (secondary N) is 1. The lowest BCUT2D eigenvalue weighted by Crippen LogP contribution is -2.27. The van der Waals surface area contributed by atoms with Crippen LogP contribution in [0.1, 0.15) is 52.8 Å². The summed E-state index contributed by atoms with van der Waals surface area (Å²) in [5.41, 5.74) is 4.71. The number of aryl methyl sites for hydroxylation is 3. The molecule has 0 radical (unpaired) electrons. The van der Waals surface area contributed by atoms with Crippen LogP contribution in [0.25, 0.3) is 0 Å². The highest BCUT2D eigenvalue weighted by Crippen LogP contribution is 2.18. The predicted molar refractivity (Wildman–Crippen MR) is 107 cm³/mol. The van der Waals surface area contributed by atoms with Crippen LogP contribution in [0.15, 0.2) is 36.7 Å². The minimum Gasteiger partial charge on any atom is -0.471 e. The van der Waals surface area contributed by atoms with E-state index in [9.17, 15) is 4.79 Å². The van der Waals surface area contributed by atoms with Gasteiger partial charge in [0.25, 0.3) is 5.91 Å². The molecule has 28 heavy (non-hydrogen) atoms. The lowest BCUT2D eigenvalue weighted by molar-refractivity contribution is 0.0932. The Labute approximate surface area is 165 Å². The molecule has 3 aromatic rings. The van der Waals surface area contributed by atoms with Crippen molar-refractivity contribution in [3.63, 3.8) is 0 Å². The molecule has 1 unspecified atom stereocenters. The lowest BCUT2D eigenvalue weighted by atomic mass is 10.1. The Morgan fingerprint density at radius 2 is 1.93 bits per heavy atom. The first kappa shape index (κ1) is 19.7. The maximum atomic E-state index is 12.5. The molecule has 148 valence electrons. The highest BCUT2D eigenvalue weighted by Gasteiger charge is 2.17. The zero-order chi connectivity index (χ0) is 20.3. The van der Waals surface area contributed by atoms with E-state index in [0.717, 1.165) is 34.7 Å². The number of ether oxygens (including phenoxy) is 1. The molecule has 0 saturated heterocycles. The lowest BCUT2D eigenvalue weighted by Gasteiger charge is -2.13. The summed E-state index contributed by atoms with van der Waals surface area (Å²) in [4.78, 5) is 12.5. The Morgan fingerprint density at radius 1 is 1.21 bits per heavy atom. The van der Waals surface area contributed by atoms with Gasteiger partial charge in [-0.3, -0.25) is 9.48 Å². The number of hydrogen-bond donors (Lipinski definition) is 1. The van der Waals surface area contributed by atoms with Gasteiger partial charge in [-0.15, -0.1) is 0 Å². The van der Waals surface area contributed by atoms with Gasteiger partial charge < -0.3 is 10.1 Å². The smallest absolute Gasteiger partial charge is 0.272 e. The second kappa shape index (κ2) is 8.29. The molecule has 3 rings (SSSR count). The van der Waals surface area contributed by atoms with Gasteiger partial charge in [-0.25, -0.2) is 4.68 Å². The average molecular weight is 381 g/mol. The Kier molecular flexibility index (Phi) is 5.82. The van der Waals surface area contributed by atoms with Crippen LogP contribution in [0, 0.1) is 20.8 Å². The van der Waals surface area contributed by atoms with Crippen molar-refractivity contribution in [2.75, 3.05) is 0 Å². The molecule has 1 amide bonds. The molecule has 0 aliphatic heterocycles. The molecule has 1 N–H and O–H groups in total. The number of aromatic nitrogens is 4. The van der Waals surface area contributed by atoms with E-state index < -0.39 is 0 Å². The molecule has 0 aliphatic rings. The Morgan fingerprint density at radius 3 is 2.57 bits per heavy atom. The molecular weight excluding hydrogens is 354 g/mol. The monoisotopic (exact) mass is 381 g/mol. The van der Waals surface area contributed by atoms with Crippen LogP contribution in [-0.2, 0) is 13.3 Å². The minimum atomic E-state index is -0.221. The van der Waals surface area contributed by atoms with Gasteiger partial charge in [0, 0.05) is 24.0 Å². The van der Waals surface area contributed by atoms with E-state index in [2.05, 4.69) is 21.6 Å². The van der Waals surface area contributed by atoms with Crippen molar-refractivity contribution in [1.82, 2.24) is 24.9 Å². The fourth-order valence-electron chi connectivity index (χ4n) is 3.26. The first-order chi connectivity index (χ1) is 13.4. The van der Waals surface area contributed by atoms with Crippen LogP contribution >= 0.6 is 0 Å². The number of benzene rings is 1. The zero-order valence-electron chi connectivity index (χ0n) is 17.1. The van der Waals surface area contributed by atoms with Gasteiger partial charge in [0.1, 0.15) is 11.4 Å². The first-order valence-corrected chi connectivity index (χ1v) is 9.45. The predicted octanol–water partition coefficient (Wildman–Crippen LogP) is 3.55. The zero-order valence-corrected chi connectivity index (χ0v) is 17.1. The highest BCUT2D eigenvalue weighted by molar-refractivity contribution is 5.92. The molecule has 2 heterocycles. The Hall–Kier alpha value is -3.09. The summed E-state index contributed by atoms with van der Waals surface area (Å²) in [5.74, 6) is 0.567. The third kappa shape index (κ3) is 4.42. The van der Waals surface area contributed by atoms with E-state index in [-0.39, 0.29) is 18.7 Å². The highest BCUT2D eigenvalue weighted by atomic mass is 16.5. The molecule has 0 saturated carbocycles. The fraction of sp³-hybridized carbons (Fsp3) is 0.381. The summed E-state index contributed by atoms with van der Waals surface area (Å²) in [5, 5.41) is 11.6. The Balaban J connectivity index is 1.61. The van der Waals surface area contributed by atoms with Crippen molar-refractivity contribution in [2.24, 2.45) is 0 Å². The molecule has 0 aliphatic carbocycles. The number of carbonyl (C=O) groups is 1. The molecular formula is C21H27N5O2. The van der Waals surface area contributed by atoms with E-state index in [4.69, 9.17) is 4.74 Å². The third-order valence-corrected chi connectivity index (χ3v) is 4.69. The van der Waals surface area contributed by atoms with Crippen molar-refractivity contribution in [3.05, 3.63) is 64.7 Å². The second-order valence-electron chi connectivity index (χ2n) is 7.03. The summed E-state index contributed by atoms with van der Waals surface area (Å²) in [6.07, 6.45) is 3.54. The van der Waals surface area contributed by atoms with Crippen LogP contribution in [0.3, 0.4) is 0 Å². The topological polar surface area (TPSA) is 74.0 Å². The number of nitrogens with zero attached hydrogens (tertiary/aromatic N) is 4. The summed E-state index contributed by atoms with van der Waals surface area (Å²) in [7, 11) is 0. The van der Waals surface area contributed by atoms with E-state index in [1.165, 1.54) is 0 Å².